The van der Waals surface area contributed by atoms with Crippen molar-refractivity contribution < 1.29 is 9.21 Å². The second kappa shape index (κ2) is 11.3. The van der Waals surface area contributed by atoms with Crippen molar-refractivity contribution >= 4 is 18.3 Å². The average molecular weight is 405 g/mol. The van der Waals surface area contributed by atoms with Crippen molar-refractivity contribution in [1.29, 1.82) is 0 Å². The maximum atomic E-state index is 12.6. The van der Waals surface area contributed by atoms with Crippen molar-refractivity contribution in [2.75, 3.05) is 13.6 Å². The van der Waals surface area contributed by atoms with Crippen LogP contribution < -0.4 is 5.32 Å². The summed E-state index contributed by atoms with van der Waals surface area (Å²) in [6.07, 6.45) is 6.78. The van der Waals surface area contributed by atoms with Crippen molar-refractivity contribution in [3.63, 3.8) is 0 Å². The molecule has 2 aromatic rings. The van der Waals surface area contributed by atoms with E-state index in [-0.39, 0.29) is 18.3 Å². The lowest BCUT2D eigenvalue weighted by Crippen LogP contribution is -2.35. The number of halogens is 1. The summed E-state index contributed by atoms with van der Waals surface area (Å²) in [6, 6.07) is 10.6. The number of hydrogen-bond acceptors (Lipinski definition) is 3. The normalized spacial score (nSPS) is 13.1. The summed E-state index contributed by atoms with van der Waals surface area (Å²) in [6.45, 7) is 4.42. The van der Waals surface area contributed by atoms with Crippen LogP contribution in [0, 0.1) is 0 Å². The van der Waals surface area contributed by atoms with E-state index >= 15 is 0 Å². The third-order valence-corrected chi connectivity index (χ3v) is 5.48. The standard InChI is InChI=1S/C23H32N2O2.ClH/c1-3-21-20(16-24-2)19-14-15-25(17-22(19)27-21)23(26)13-9-5-8-12-18-10-6-4-7-11-18;/h4,6-7,10-11,24H,3,5,8-9,12-17H2,1-2H3;1H. The Kier molecular flexibility index (Phi) is 9.07. The Bertz CT molecular complexity index is 743. The molecule has 0 saturated carbocycles. The number of furan rings is 1. The van der Waals surface area contributed by atoms with E-state index in [0.717, 1.165) is 63.1 Å². The van der Waals surface area contributed by atoms with Gasteiger partial charge in [-0.1, -0.05) is 43.7 Å². The molecule has 0 atom stereocenters. The van der Waals surface area contributed by atoms with Gasteiger partial charge in [0.1, 0.15) is 11.5 Å². The summed E-state index contributed by atoms with van der Waals surface area (Å²) >= 11 is 0. The fourth-order valence-electron chi connectivity index (χ4n) is 3.99. The molecule has 2 heterocycles. The van der Waals surface area contributed by atoms with Gasteiger partial charge in [0.2, 0.25) is 5.91 Å². The average Bonchev–Trinajstić information content (AvgIpc) is 3.05. The molecule has 0 radical (unpaired) electrons. The van der Waals surface area contributed by atoms with Crippen LogP contribution in [-0.4, -0.2) is 24.4 Å². The van der Waals surface area contributed by atoms with E-state index in [4.69, 9.17) is 4.42 Å². The smallest absolute Gasteiger partial charge is 0.222 e. The molecule has 1 amide bonds. The minimum absolute atomic E-state index is 0. The largest absolute Gasteiger partial charge is 0.464 e. The van der Waals surface area contributed by atoms with Gasteiger partial charge < -0.3 is 14.6 Å². The van der Waals surface area contributed by atoms with Gasteiger partial charge in [0, 0.05) is 37.1 Å². The Morgan fingerprint density at radius 1 is 1.18 bits per heavy atom. The van der Waals surface area contributed by atoms with Crippen LogP contribution in [0.2, 0.25) is 0 Å². The number of benzene rings is 1. The molecule has 4 nitrogen and oxygen atoms in total. The summed E-state index contributed by atoms with van der Waals surface area (Å²) in [5.74, 6) is 2.34. The van der Waals surface area contributed by atoms with Crippen LogP contribution in [-0.2, 0) is 37.1 Å². The first-order valence-corrected chi connectivity index (χ1v) is 10.3. The number of fused-ring (bicyclic) bond motifs is 1. The number of rotatable bonds is 9. The minimum Gasteiger partial charge on any atom is -0.464 e. The van der Waals surface area contributed by atoms with E-state index in [9.17, 15) is 4.79 Å². The molecule has 0 unspecified atom stereocenters. The molecule has 0 spiro atoms. The van der Waals surface area contributed by atoms with E-state index in [1.807, 2.05) is 11.9 Å². The number of amides is 1. The molecular formula is C23H33ClN2O2. The molecule has 1 aromatic carbocycles. The molecule has 0 bridgehead atoms. The highest BCUT2D eigenvalue weighted by Crippen LogP contribution is 2.29. The van der Waals surface area contributed by atoms with Gasteiger partial charge in [-0.05, 0) is 38.3 Å². The van der Waals surface area contributed by atoms with Crippen LogP contribution in [0.15, 0.2) is 34.7 Å². The molecule has 1 N–H and O–H groups in total. The molecule has 3 rings (SSSR count). The molecule has 5 heteroatoms. The van der Waals surface area contributed by atoms with Crippen molar-refractivity contribution in [2.24, 2.45) is 0 Å². The molecule has 154 valence electrons. The first-order chi connectivity index (χ1) is 13.2. The van der Waals surface area contributed by atoms with Crippen molar-refractivity contribution in [3.8, 4) is 0 Å². The van der Waals surface area contributed by atoms with Crippen LogP contribution >= 0.6 is 12.4 Å². The van der Waals surface area contributed by atoms with Crippen molar-refractivity contribution in [2.45, 2.75) is 65.0 Å². The summed E-state index contributed by atoms with van der Waals surface area (Å²) in [5.41, 5.74) is 4.02. The number of unbranched alkanes of at least 4 members (excludes halogenated alkanes) is 2. The van der Waals surface area contributed by atoms with Gasteiger partial charge in [0.05, 0.1) is 6.54 Å². The lowest BCUT2D eigenvalue weighted by Gasteiger charge is -2.26. The summed E-state index contributed by atoms with van der Waals surface area (Å²) in [4.78, 5) is 14.6. The maximum Gasteiger partial charge on any atom is 0.222 e. The van der Waals surface area contributed by atoms with Gasteiger partial charge >= 0.3 is 0 Å². The fraction of sp³-hybridized carbons (Fsp3) is 0.522. The summed E-state index contributed by atoms with van der Waals surface area (Å²) < 4.78 is 6.08. The third kappa shape index (κ3) is 5.62. The van der Waals surface area contributed by atoms with E-state index in [1.54, 1.807) is 0 Å². The first kappa shape index (κ1) is 22.5. The van der Waals surface area contributed by atoms with Crippen molar-refractivity contribution in [3.05, 3.63) is 58.5 Å². The summed E-state index contributed by atoms with van der Waals surface area (Å²) in [7, 11) is 1.97. The zero-order valence-electron chi connectivity index (χ0n) is 17.1. The highest BCUT2D eigenvalue weighted by molar-refractivity contribution is 5.85. The predicted octanol–water partition coefficient (Wildman–Crippen LogP) is 4.67. The Balaban J connectivity index is 0.00000280. The molecule has 1 aliphatic rings. The number of aryl methyl sites for hydroxylation is 2. The van der Waals surface area contributed by atoms with Gasteiger partial charge in [0.25, 0.3) is 0 Å². The zero-order chi connectivity index (χ0) is 19.1. The monoisotopic (exact) mass is 404 g/mol. The molecule has 0 aliphatic carbocycles. The second-order valence-corrected chi connectivity index (χ2v) is 7.40. The fourth-order valence-corrected chi connectivity index (χ4v) is 3.99. The number of nitrogens with one attached hydrogen (secondary N) is 1. The predicted molar refractivity (Wildman–Crippen MR) is 116 cm³/mol. The van der Waals surface area contributed by atoms with Gasteiger partial charge in [-0.3, -0.25) is 4.79 Å². The van der Waals surface area contributed by atoms with Crippen LogP contribution in [0.25, 0.3) is 0 Å². The Morgan fingerprint density at radius 2 is 1.96 bits per heavy atom. The summed E-state index contributed by atoms with van der Waals surface area (Å²) in [5, 5.41) is 3.24. The van der Waals surface area contributed by atoms with E-state index < -0.39 is 0 Å². The highest BCUT2D eigenvalue weighted by Gasteiger charge is 2.27. The minimum atomic E-state index is 0. The van der Waals surface area contributed by atoms with E-state index in [2.05, 4.69) is 42.6 Å². The number of hydrogen-bond donors (Lipinski definition) is 1. The topological polar surface area (TPSA) is 45.5 Å². The van der Waals surface area contributed by atoms with E-state index in [0.29, 0.717) is 13.0 Å². The Hall–Kier alpha value is -1.78. The zero-order valence-corrected chi connectivity index (χ0v) is 17.9. The lowest BCUT2D eigenvalue weighted by atomic mass is 10.00. The number of carbonyl (C=O) groups excluding carboxylic acids is 1. The van der Waals surface area contributed by atoms with Crippen LogP contribution in [0.1, 0.15) is 60.8 Å². The Labute approximate surface area is 175 Å². The van der Waals surface area contributed by atoms with Crippen molar-refractivity contribution in [1.82, 2.24) is 10.2 Å². The third-order valence-electron chi connectivity index (χ3n) is 5.48. The van der Waals surface area contributed by atoms with Crippen LogP contribution in [0.3, 0.4) is 0 Å². The Morgan fingerprint density at radius 3 is 2.68 bits per heavy atom. The maximum absolute atomic E-state index is 12.6. The first-order valence-electron chi connectivity index (χ1n) is 10.3. The quantitative estimate of drug-likeness (QED) is 0.617. The number of nitrogens with zero attached hydrogens (tertiary/aromatic N) is 1. The molecular weight excluding hydrogens is 372 g/mol. The van der Waals surface area contributed by atoms with Crippen LogP contribution in [0.5, 0.6) is 0 Å². The SMILES string of the molecule is CCc1oc2c(c1CNC)CCN(C(=O)CCCCCc1ccccc1)C2.Cl. The highest BCUT2D eigenvalue weighted by atomic mass is 35.5. The lowest BCUT2D eigenvalue weighted by molar-refractivity contribution is -0.132. The molecule has 0 fully saturated rings. The molecule has 0 saturated heterocycles. The molecule has 1 aliphatic heterocycles. The van der Waals surface area contributed by atoms with E-state index in [1.165, 1.54) is 16.7 Å². The van der Waals surface area contributed by atoms with Crippen LogP contribution in [0.4, 0.5) is 0 Å². The van der Waals surface area contributed by atoms with Gasteiger partial charge in [-0.25, -0.2) is 0 Å². The number of carbonyl (C=O) groups is 1. The molecule has 28 heavy (non-hydrogen) atoms. The van der Waals surface area contributed by atoms with Gasteiger partial charge in [-0.15, -0.1) is 12.4 Å². The second-order valence-electron chi connectivity index (χ2n) is 7.40. The van der Waals surface area contributed by atoms with Gasteiger partial charge in [0.15, 0.2) is 0 Å². The van der Waals surface area contributed by atoms with Gasteiger partial charge in [-0.2, -0.15) is 0 Å². The molecule has 1 aromatic heterocycles.